The molecule has 0 aromatic rings. The van der Waals surface area contributed by atoms with E-state index in [2.05, 4.69) is 48.5 Å². The van der Waals surface area contributed by atoms with E-state index in [1.807, 2.05) is 0 Å². The average Bonchev–Trinajstić information content (AvgIpc) is 2.42. The number of hydrogen-bond acceptors (Lipinski definition) is 0. The second-order valence-electron chi connectivity index (χ2n) is 8.23. The predicted molar refractivity (Wildman–Crippen MR) is 91.9 cm³/mol. The van der Waals surface area contributed by atoms with E-state index in [0.717, 1.165) is 41.4 Å². The van der Waals surface area contributed by atoms with E-state index in [-0.39, 0.29) is 0 Å². The maximum atomic E-state index is 2.55. The topological polar surface area (TPSA) is 0 Å². The molecular weight excluding hydrogens is 240 g/mol. The highest BCUT2D eigenvalue weighted by atomic mass is 14.4. The van der Waals surface area contributed by atoms with Gasteiger partial charge in [-0.05, 0) is 60.7 Å². The van der Waals surface area contributed by atoms with Crippen LogP contribution in [-0.4, -0.2) is 0 Å². The van der Waals surface area contributed by atoms with Gasteiger partial charge in [0, 0.05) is 0 Å². The minimum atomic E-state index is 0.850. The standard InChI is InChI=1S/C20H40/c1-8-15(5)20(13-19-11-10-16(19)6)17(7)12-18(9-2)14(3)4/h14-20H,8-13H2,1-7H3. The molecule has 0 nitrogen and oxygen atoms in total. The minimum absolute atomic E-state index is 0.850. The first-order valence-corrected chi connectivity index (χ1v) is 9.40. The highest BCUT2D eigenvalue weighted by Crippen LogP contribution is 2.43. The van der Waals surface area contributed by atoms with Crippen molar-refractivity contribution in [3.63, 3.8) is 0 Å². The zero-order valence-electron chi connectivity index (χ0n) is 15.3. The summed E-state index contributed by atoms with van der Waals surface area (Å²) in [7, 11) is 0. The van der Waals surface area contributed by atoms with Crippen LogP contribution in [-0.2, 0) is 0 Å². The van der Waals surface area contributed by atoms with Crippen LogP contribution in [0, 0.1) is 41.4 Å². The van der Waals surface area contributed by atoms with Crippen LogP contribution >= 0.6 is 0 Å². The summed E-state index contributed by atoms with van der Waals surface area (Å²) in [5.41, 5.74) is 0. The van der Waals surface area contributed by atoms with Gasteiger partial charge in [-0.1, -0.05) is 67.7 Å². The van der Waals surface area contributed by atoms with Gasteiger partial charge in [-0.25, -0.2) is 0 Å². The highest BCUT2D eigenvalue weighted by Gasteiger charge is 2.33. The first kappa shape index (κ1) is 18.1. The van der Waals surface area contributed by atoms with Crippen molar-refractivity contribution in [3.8, 4) is 0 Å². The van der Waals surface area contributed by atoms with E-state index < -0.39 is 0 Å². The van der Waals surface area contributed by atoms with Crippen molar-refractivity contribution >= 4 is 0 Å². The summed E-state index contributed by atoms with van der Waals surface area (Å²) in [5.74, 6) is 6.59. The smallest absolute Gasteiger partial charge is 0.0360 e. The van der Waals surface area contributed by atoms with Crippen molar-refractivity contribution in [2.24, 2.45) is 41.4 Å². The van der Waals surface area contributed by atoms with Crippen molar-refractivity contribution < 1.29 is 0 Å². The van der Waals surface area contributed by atoms with Gasteiger partial charge in [0.05, 0.1) is 0 Å². The van der Waals surface area contributed by atoms with Crippen LogP contribution < -0.4 is 0 Å². The molecule has 0 aliphatic heterocycles. The van der Waals surface area contributed by atoms with E-state index in [9.17, 15) is 0 Å². The van der Waals surface area contributed by atoms with E-state index in [1.165, 1.54) is 38.5 Å². The first-order chi connectivity index (χ1) is 9.40. The van der Waals surface area contributed by atoms with Crippen molar-refractivity contribution in [3.05, 3.63) is 0 Å². The summed E-state index contributed by atoms with van der Waals surface area (Å²) in [6.07, 6.45) is 8.65. The van der Waals surface area contributed by atoms with Gasteiger partial charge in [0.25, 0.3) is 0 Å². The van der Waals surface area contributed by atoms with Crippen LogP contribution in [0.1, 0.15) is 87.0 Å². The maximum absolute atomic E-state index is 2.55. The zero-order chi connectivity index (χ0) is 15.3. The van der Waals surface area contributed by atoms with E-state index in [4.69, 9.17) is 0 Å². The molecule has 0 heteroatoms. The molecular formula is C20H40. The zero-order valence-corrected chi connectivity index (χ0v) is 15.3. The molecule has 0 amide bonds. The predicted octanol–water partition coefficient (Wildman–Crippen LogP) is 6.79. The lowest BCUT2D eigenvalue weighted by molar-refractivity contribution is 0.0962. The second kappa shape index (κ2) is 8.44. The van der Waals surface area contributed by atoms with Crippen LogP contribution in [0.3, 0.4) is 0 Å². The van der Waals surface area contributed by atoms with E-state index >= 15 is 0 Å². The Kier molecular flexibility index (Phi) is 7.62. The summed E-state index contributed by atoms with van der Waals surface area (Å²) in [4.78, 5) is 0. The Hall–Kier alpha value is 0. The molecule has 6 unspecified atom stereocenters. The molecule has 1 fully saturated rings. The molecule has 1 saturated carbocycles. The monoisotopic (exact) mass is 280 g/mol. The maximum Gasteiger partial charge on any atom is -0.0360 e. The third-order valence-electron chi connectivity index (χ3n) is 6.62. The van der Waals surface area contributed by atoms with Gasteiger partial charge >= 0.3 is 0 Å². The van der Waals surface area contributed by atoms with Gasteiger partial charge in [0.1, 0.15) is 0 Å². The Morgan fingerprint density at radius 3 is 1.90 bits per heavy atom. The van der Waals surface area contributed by atoms with Crippen molar-refractivity contribution in [1.29, 1.82) is 0 Å². The SMILES string of the molecule is CCC(C)C(CC1CCC1C)C(C)CC(CC)C(C)C. The largest absolute Gasteiger partial charge is 0.0651 e. The minimum Gasteiger partial charge on any atom is -0.0651 e. The Bertz CT molecular complexity index is 255. The van der Waals surface area contributed by atoms with Crippen LogP contribution in [0.15, 0.2) is 0 Å². The second-order valence-corrected chi connectivity index (χ2v) is 8.23. The normalized spacial score (nSPS) is 28.8. The van der Waals surface area contributed by atoms with Crippen LogP contribution in [0.5, 0.6) is 0 Å². The molecule has 0 radical (unpaired) electrons. The number of rotatable bonds is 9. The van der Waals surface area contributed by atoms with Crippen LogP contribution in [0.4, 0.5) is 0 Å². The molecule has 6 atom stereocenters. The Labute approximate surface area is 129 Å². The molecule has 0 saturated heterocycles. The molecule has 1 rings (SSSR count). The fourth-order valence-electron chi connectivity index (χ4n) is 4.33. The molecule has 0 spiro atoms. The quantitative estimate of drug-likeness (QED) is 0.436. The van der Waals surface area contributed by atoms with Crippen molar-refractivity contribution in [1.82, 2.24) is 0 Å². The van der Waals surface area contributed by atoms with Gasteiger partial charge in [-0.3, -0.25) is 0 Å². The van der Waals surface area contributed by atoms with Crippen LogP contribution in [0.25, 0.3) is 0 Å². The Balaban J connectivity index is 2.61. The lowest BCUT2D eigenvalue weighted by atomic mass is 9.65. The van der Waals surface area contributed by atoms with Crippen LogP contribution in [0.2, 0.25) is 0 Å². The third-order valence-corrected chi connectivity index (χ3v) is 6.62. The number of hydrogen-bond donors (Lipinski definition) is 0. The Morgan fingerprint density at radius 1 is 0.900 bits per heavy atom. The van der Waals surface area contributed by atoms with Gasteiger partial charge in [-0.15, -0.1) is 0 Å². The van der Waals surface area contributed by atoms with Crippen molar-refractivity contribution in [2.45, 2.75) is 87.0 Å². The Morgan fingerprint density at radius 2 is 1.55 bits per heavy atom. The molecule has 20 heavy (non-hydrogen) atoms. The molecule has 1 aliphatic carbocycles. The summed E-state index contributed by atoms with van der Waals surface area (Å²) in [6.45, 7) is 17.1. The van der Waals surface area contributed by atoms with E-state index in [0.29, 0.717) is 0 Å². The molecule has 1 aliphatic rings. The molecule has 120 valence electrons. The third kappa shape index (κ3) is 4.78. The summed E-state index contributed by atoms with van der Waals surface area (Å²) in [6, 6.07) is 0. The summed E-state index contributed by atoms with van der Waals surface area (Å²) >= 11 is 0. The lowest BCUT2D eigenvalue weighted by Crippen LogP contribution is -2.31. The van der Waals surface area contributed by atoms with Crippen molar-refractivity contribution in [2.75, 3.05) is 0 Å². The van der Waals surface area contributed by atoms with Gasteiger partial charge in [0.2, 0.25) is 0 Å². The highest BCUT2D eigenvalue weighted by molar-refractivity contribution is 4.84. The van der Waals surface area contributed by atoms with Gasteiger partial charge in [-0.2, -0.15) is 0 Å². The fourth-order valence-corrected chi connectivity index (χ4v) is 4.33. The molecule has 0 bridgehead atoms. The molecule has 0 aromatic carbocycles. The van der Waals surface area contributed by atoms with Gasteiger partial charge < -0.3 is 0 Å². The lowest BCUT2D eigenvalue weighted by Gasteiger charge is -2.41. The first-order valence-electron chi connectivity index (χ1n) is 9.40. The fraction of sp³-hybridized carbons (Fsp3) is 1.00. The molecule has 0 aromatic heterocycles. The average molecular weight is 281 g/mol. The summed E-state index contributed by atoms with van der Waals surface area (Å²) < 4.78 is 0. The van der Waals surface area contributed by atoms with E-state index in [1.54, 1.807) is 0 Å². The molecule has 0 N–H and O–H groups in total. The summed E-state index contributed by atoms with van der Waals surface area (Å²) in [5, 5.41) is 0. The van der Waals surface area contributed by atoms with Gasteiger partial charge in [0.15, 0.2) is 0 Å². The molecule has 0 heterocycles.